The molecule has 0 saturated heterocycles. The molecule has 4 heterocycles. The van der Waals surface area contributed by atoms with E-state index in [0.29, 0.717) is 39.8 Å². The van der Waals surface area contributed by atoms with Crippen LogP contribution in [0, 0.1) is 13.5 Å². The van der Waals surface area contributed by atoms with E-state index < -0.39 is 0 Å². The summed E-state index contributed by atoms with van der Waals surface area (Å²) in [6.45, 7) is 6.60. The van der Waals surface area contributed by atoms with E-state index in [2.05, 4.69) is 37.5 Å². The van der Waals surface area contributed by atoms with Gasteiger partial charge in [-0.25, -0.2) is 6.54 Å². The third kappa shape index (κ3) is 7.72. The van der Waals surface area contributed by atoms with Crippen LogP contribution in [-0.4, -0.2) is 76.1 Å². The summed E-state index contributed by atoms with van der Waals surface area (Å²) in [6.07, 6.45) is 3.46. The molecule has 5 aromatic rings. The summed E-state index contributed by atoms with van der Waals surface area (Å²) >= 11 is 1.47. The van der Waals surface area contributed by atoms with Crippen molar-refractivity contribution in [2.24, 2.45) is 0 Å². The van der Waals surface area contributed by atoms with Gasteiger partial charge in [-0.2, -0.15) is 11.8 Å². The molecule has 3 atom stereocenters. The molecule has 11 nitrogen and oxygen atoms in total. The van der Waals surface area contributed by atoms with E-state index in [1.807, 2.05) is 108 Å². The number of likely N-dealkylation sites (N-methyl/N-ethyl adjacent to an activating group) is 2. The molecule has 0 N–H and O–H groups in total. The van der Waals surface area contributed by atoms with Crippen molar-refractivity contribution in [3.05, 3.63) is 136 Å². The number of para-hydroxylation sites is 2. The standard InChI is InChI=1S/C49H50N5O6S.Y/c1-29-16-37-43(51(4)30(2)41-21-34-13-9-11-15-40(34)54(41)49(37)57)24-44(29)59-26-31-17-32(19-35(18-31)52(5)47(55)28-61-7)27-60-46-23-42-38(22-45(46)58-6)48(56)53-36(25-50(42)3)20-33-12-8-10-14-39(33)53;/h8-19,22-25,30,36,41H,20-21,26-28H2,1-7H3;/q-1;/t30?,36-,41-;/m0./s1. The zero-order chi connectivity index (χ0) is 42.7. The maximum Gasteiger partial charge on any atom is 0.260 e. The Kier molecular flexibility index (Phi) is 12.4. The molecule has 62 heavy (non-hydrogen) atoms. The van der Waals surface area contributed by atoms with Crippen molar-refractivity contribution < 1.29 is 61.3 Å². The van der Waals surface area contributed by atoms with Gasteiger partial charge in [-0.3, -0.25) is 14.4 Å². The molecule has 1 radical (unpaired) electrons. The molecule has 0 aromatic heterocycles. The van der Waals surface area contributed by atoms with E-state index in [1.54, 1.807) is 25.1 Å². The van der Waals surface area contributed by atoms with E-state index in [0.717, 1.165) is 57.8 Å². The number of benzene rings is 5. The molecule has 0 bridgehead atoms. The van der Waals surface area contributed by atoms with Gasteiger partial charge in [0.05, 0.1) is 35.7 Å². The Morgan fingerprint density at radius 2 is 1.37 bits per heavy atom. The third-order valence-corrected chi connectivity index (χ3v) is 13.2. The van der Waals surface area contributed by atoms with Crippen molar-refractivity contribution in [3.8, 4) is 17.2 Å². The first kappa shape index (κ1) is 43.6. The molecule has 0 saturated carbocycles. The van der Waals surface area contributed by atoms with Crippen molar-refractivity contribution in [1.82, 2.24) is 0 Å². The number of carbonyl (C=O) groups excluding carboxylic acids is 3. The van der Waals surface area contributed by atoms with Crippen LogP contribution in [0.2, 0.25) is 0 Å². The summed E-state index contributed by atoms with van der Waals surface area (Å²) in [6, 6.07) is 29.7. The van der Waals surface area contributed by atoms with Gasteiger partial charge in [0.1, 0.15) is 19.0 Å². The molecule has 9 rings (SSSR count). The molecule has 1 unspecified atom stereocenters. The Bertz CT molecular complexity index is 2590. The van der Waals surface area contributed by atoms with Crippen LogP contribution in [0.25, 0.3) is 0 Å². The summed E-state index contributed by atoms with van der Waals surface area (Å²) in [5.41, 5.74) is 10.2. The average molecular weight is 926 g/mol. The summed E-state index contributed by atoms with van der Waals surface area (Å²) in [5.74, 6) is 1.84. The fraction of sp³-hybridized carbons (Fsp3) is 0.306. The number of anilines is 5. The molecular formula is C49H50N5O6SY-. The van der Waals surface area contributed by atoms with Crippen LogP contribution in [-0.2, 0) is 63.6 Å². The monoisotopic (exact) mass is 925 g/mol. The summed E-state index contributed by atoms with van der Waals surface area (Å²) in [5, 5.41) is 0. The molecule has 4 aliphatic heterocycles. The van der Waals surface area contributed by atoms with Gasteiger partial charge in [0, 0.05) is 87.7 Å². The van der Waals surface area contributed by atoms with Crippen LogP contribution in [0.15, 0.2) is 91.0 Å². The van der Waals surface area contributed by atoms with Crippen LogP contribution in [0.4, 0.5) is 28.4 Å². The van der Waals surface area contributed by atoms with Crippen LogP contribution < -0.4 is 38.7 Å². The minimum Gasteiger partial charge on any atom is -0.522 e. The summed E-state index contributed by atoms with van der Waals surface area (Å²) in [7, 11) is 7.36. The van der Waals surface area contributed by atoms with Gasteiger partial charge in [-0.15, -0.1) is 0 Å². The quantitative estimate of drug-likeness (QED) is 0.129. The van der Waals surface area contributed by atoms with Crippen molar-refractivity contribution in [2.75, 3.05) is 64.8 Å². The predicted molar refractivity (Wildman–Crippen MR) is 243 cm³/mol. The number of fused-ring (bicyclic) bond motifs is 8. The Labute approximate surface area is 393 Å². The van der Waals surface area contributed by atoms with Crippen molar-refractivity contribution in [1.29, 1.82) is 0 Å². The SMILES string of the molecule is COc1cc2c(cc1OCc1cc(COc3cc4c(cc3C)C(=O)N3c5ccccc5C[C@H]3C(C)N4C)cc(N(C)C(=O)CSC)c1)N(C)[CH-][C@@H]1Cc3ccccc3N1C2=O.[Y]. The van der Waals surface area contributed by atoms with Crippen LogP contribution in [0.3, 0.4) is 0 Å². The van der Waals surface area contributed by atoms with E-state index in [9.17, 15) is 14.4 Å². The van der Waals surface area contributed by atoms with Crippen molar-refractivity contribution in [3.63, 3.8) is 0 Å². The van der Waals surface area contributed by atoms with Crippen LogP contribution in [0.1, 0.15) is 55.5 Å². The number of amides is 3. The molecule has 13 heteroatoms. The first-order valence-corrected chi connectivity index (χ1v) is 22.0. The second-order valence-corrected chi connectivity index (χ2v) is 17.3. The van der Waals surface area contributed by atoms with Crippen LogP contribution in [0.5, 0.6) is 17.2 Å². The number of rotatable bonds is 10. The first-order valence-electron chi connectivity index (χ1n) is 20.6. The number of hydrogen-bond donors (Lipinski definition) is 0. The van der Waals surface area contributed by atoms with Crippen LogP contribution >= 0.6 is 11.8 Å². The van der Waals surface area contributed by atoms with Gasteiger partial charge in [0.25, 0.3) is 11.8 Å². The van der Waals surface area contributed by atoms with Gasteiger partial charge in [0.2, 0.25) is 5.91 Å². The number of methoxy groups -OCH3 is 1. The zero-order valence-corrected chi connectivity index (χ0v) is 39.8. The fourth-order valence-electron chi connectivity index (χ4n) is 9.30. The molecule has 5 aromatic carbocycles. The third-order valence-electron chi connectivity index (χ3n) is 12.7. The predicted octanol–water partition coefficient (Wildman–Crippen LogP) is 8.08. The van der Waals surface area contributed by atoms with Crippen molar-refractivity contribution >= 4 is 57.9 Å². The first-order chi connectivity index (χ1) is 29.4. The largest absolute Gasteiger partial charge is 0.522 e. The number of nitrogens with zero attached hydrogens (tertiary/aromatic N) is 5. The van der Waals surface area contributed by atoms with Gasteiger partial charge < -0.3 is 38.7 Å². The van der Waals surface area contributed by atoms with Gasteiger partial charge in [-0.1, -0.05) is 42.4 Å². The second-order valence-electron chi connectivity index (χ2n) is 16.4. The molecule has 4 aliphatic rings. The summed E-state index contributed by atoms with van der Waals surface area (Å²) in [4.78, 5) is 51.2. The van der Waals surface area contributed by atoms with Crippen molar-refractivity contribution in [2.45, 2.75) is 58.0 Å². The molecule has 0 fully saturated rings. The normalized spacial score (nSPS) is 18.3. The Balaban J connectivity index is 0.00000529. The Morgan fingerprint density at radius 1 is 0.774 bits per heavy atom. The summed E-state index contributed by atoms with van der Waals surface area (Å²) < 4.78 is 18.9. The molecule has 3 amide bonds. The molecule has 317 valence electrons. The number of thioether (sulfide) groups is 1. The van der Waals surface area contributed by atoms with E-state index >= 15 is 0 Å². The number of hydrogen-bond acceptors (Lipinski definition) is 9. The number of ether oxygens (including phenoxy) is 3. The topological polar surface area (TPSA) is 95.1 Å². The fourth-order valence-corrected chi connectivity index (χ4v) is 9.74. The van der Waals surface area contributed by atoms with Gasteiger partial charge >= 0.3 is 0 Å². The molecule has 0 spiro atoms. The maximum absolute atomic E-state index is 14.2. The molecule has 0 aliphatic carbocycles. The minimum atomic E-state index is -0.107. The van der Waals surface area contributed by atoms with Gasteiger partial charge in [0.15, 0.2) is 11.5 Å². The maximum atomic E-state index is 14.2. The van der Waals surface area contributed by atoms with E-state index in [-0.39, 0.29) is 81.8 Å². The number of aryl methyl sites for hydroxylation is 1. The van der Waals surface area contributed by atoms with E-state index in [4.69, 9.17) is 14.2 Å². The second kappa shape index (κ2) is 17.6. The smallest absolute Gasteiger partial charge is 0.260 e. The number of carbonyl (C=O) groups is 3. The van der Waals surface area contributed by atoms with Gasteiger partial charge in [-0.05, 0) is 110 Å². The minimum absolute atomic E-state index is 0. The Morgan fingerprint density at radius 3 is 2.05 bits per heavy atom. The molecular weight excluding hydrogens is 876 g/mol. The zero-order valence-electron chi connectivity index (χ0n) is 36.2. The van der Waals surface area contributed by atoms with E-state index in [1.165, 1.54) is 17.3 Å². The Hall–Kier alpha value is -5.04. The average Bonchev–Trinajstić information content (AvgIpc) is 3.80.